The molecule has 0 radical (unpaired) electrons. The molecule has 1 unspecified atom stereocenters. The van der Waals surface area contributed by atoms with Crippen molar-refractivity contribution in [2.24, 2.45) is 11.7 Å². The molecule has 0 spiro atoms. The third-order valence-electron chi connectivity index (χ3n) is 3.46. The van der Waals surface area contributed by atoms with Crippen molar-refractivity contribution >= 4 is 11.9 Å². The molecule has 1 aliphatic rings. The summed E-state index contributed by atoms with van der Waals surface area (Å²) in [4.78, 5) is 14.2. The highest BCUT2D eigenvalue weighted by Crippen LogP contribution is 2.20. The largest absolute Gasteiger partial charge is 0.368 e. The van der Waals surface area contributed by atoms with Crippen LogP contribution < -0.4 is 17.2 Å². The Morgan fingerprint density at radius 1 is 1.17 bits per heavy atom. The number of nitrogens with zero attached hydrogens (tertiary/aromatic N) is 4. The molecule has 0 aliphatic carbocycles. The molecule has 1 aliphatic heterocycles. The summed E-state index contributed by atoms with van der Waals surface area (Å²) in [5, 5.41) is 0. The minimum absolute atomic E-state index is 0.183. The monoisotopic (exact) mass is 251 g/mol. The molecule has 1 aromatic rings. The van der Waals surface area contributed by atoms with Crippen LogP contribution >= 0.6 is 0 Å². The van der Waals surface area contributed by atoms with E-state index < -0.39 is 0 Å². The zero-order chi connectivity index (χ0) is 13.1. The number of piperidine rings is 1. The summed E-state index contributed by atoms with van der Waals surface area (Å²) in [7, 11) is 0. The van der Waals surface area contributed by atoms with E-state index >= 15 is 0 Å². The van der Waals surface area contributed by atoms with Crippen molar-refractivity contribution < 1.29 is 0 Å². The molecule has 6 N–H and O–H groups in total. The summed E-state index contributed by atoms with van der Waals surface area (Å²) in [6.45, 7) is 4.77. The maximum atomic E-state index is 5.92. The molecule has 0 amide bonds. The van der Waals surface area contributed by atoms with Crippen molar-refractivity contribution in [1.82, 2.24) is 19.9 Å². The lowest BCUT2D eigenvalue weighted by atomic mass is 9.91. The first kappa shape index (κ1) is 13.0. The van der Waals surface area contributed by atoms with Crippen molar-refractivity contribution in [3.05, 3.63) is 5.82 Å². The molecule has 0 saturated carbocycles. The van der Waals surface area contributed by atoms with Gasteiger partial charge in [0.2, 0.25) is 11.9 Å². The molecule has 7 nitrogen and oxygen atoms in total. The van der Waals surface area contributed by atoms with Crippen LogP contribution in [0.15, 0.2) is 0 Å². The second-order valence-electron chi connectivity index (χ2n) is 4.94. The lowest BCUT2D eigenvalue weighted by molar-refractivity contribution is 0.162. The molecule has 0 aromatic carbocycles. The Labute approximate surface area is 107 Å². The minimum Gasteiger partial charge on any atom is -0.368 e. The first-order chi connectivity index (χ1) is 8.54. The number of hydrogen-bond acceptors (Lipinski definition) is 7. The molecular weight excluding hydrogens is 230 g/mol. The van der Waals surface area contributed by atoms with Crippen LogP contribution in [0.4, 0.5) is 11.9 Å². The van der Waals surface area contributed by atoms with Crippen molar-refractivity contribution in [3.8, 4) is 0 Å². The molecule has 100 valence electrons. The fraction of sp³-hybridized carbons (Fsp3) is 0.727. The number of aromatic nitrogens is 3. The van der Waals surface area contributed by atoms with Gasteiger partial charge in [-0.2, -0.15) is 15.0 Å². The van der Waals surface area contributed by atoms with Gasteiger partial charge >= 0.3 is 0 Å². The first-order valence-electron chi connectivity index (χ1n) is 6.28. The third kappa shape index (κ3) is 3.27. The van der Waals surface area contributed by atoms with Crippen molar-refractivity contribution in [3.63, 3.8) is 0 Å². The van der Waals surface area contributed by atoms with Gasteiger partial charge < -0.3 is 17.2 Å². The molecule has 7 heteroatoms. The summed E-state index contributed by atoms with van der Waals surface area (Å²) in [5.41, 5.74) is 17.0. The molecule has 2 heterocycles. The Bertz CT molecular complexity index is 378. The second kappa shape index (κ2) is 5.45. The Hall–Kier alpha value is -1.47. The number of nitrogens with two attached hydrogens (primary N) is 3. The maximum Gasteiger partial charge on any atom is 0.225 e. The molecule has 0 bridgehead atoms. The van der Waals surface area contributed by atoms with Gasteiger partial charge in [0, 0.05) is 6.04 Å². The number of anilines is 2. The van der Waals surface area contributed by atoms with Crippen LogP contribution in [0.1, 0.15) is 25.6 Å². The normalized spacial score (nSPS) is 19.9. The molecule has 1 aromatic heterocycles. The second-order valence-corrected chi connectivity index (χ2v) is 4.94. The van der Waals surface area contributed by atoms with Crippen LogP contribution in [-0.2, 0) is 6.54 Å². The van der Waals surface area contributed by atoms with Gasteiger partial charge in [0.25, 0.3) is 0 Å². The fourth-order valence-electron chi connectivity index (χ4n) is 2.36. The van der Waals surface area contributed by atoms with Crippen LogP contribution in [0, 0.1) is 5.92 Å². The fourth-order valence-corrected chi connectivity index (χ4v) is 2.36. The number of rotatable bonds is 3. The average molecular weight is 251 g/mol. The van der Waals surface area contributed by atoms with Gasteiger partial charge in [0.15, 0.2) is 0 Å². The van der Waals surface area contributed by atoms with Gasteiger partial charge in [-0.15, -0.1) is 0 Å². The summed E-state index contributed by atoms with van der Waals surface area (Å²) in [5.74, 6) is 1.62. The lowest BCUT2D eigenvalue weighted by Crippen LogP contribution is -2.39. The summed E-state index contributed by atoms with van der Waals surface area (Å²) in [6.07, 6.45) is 2.24. The van der Waals surface area contributed by atoms with E-state index in [-0.39, 0.29) is 17.9 Å². The highest BCUT2D eigenvalue weighted by Gasteiger charge is 2.22. The van der Waals surface area contributed by atoms with E-state index in [0.717, 1.165) is 25.9 Å². The highest BCUT2D eigenvalue weighted by atomic mass is 15.2. The van der Waals surface area contributed by atoms with E-state index in [1.807, 2.05) is 0 Å². The highest BCUT2D eigenvalue weighted by molar-refractivity contribution is 5.25. The maximum absolute atomic E-state index is 5.92. The molecule has 1 saturated heterocycles. The Kier molecular flexibility index (Phi) is 3.93. The Morgan fingerprint density at radius 2 is 1.72 bits per heavy atom. The predicted octanol–water partition coefficient (Wildman–Crippen LogP) is -0.405. The average Bonchev–Trinajstić information content (AvgIpc) is 2.28. The summed E-state index contributed by atoms with van der Waals surface area (Å²) >= 11 is 0. The van der Waals surface area contributed by atoms with Crippen LogP contribution in [0.25, 0.3) is 0 Å². The van der Waals surface area contributed by atoms with Gasteiger partial charge in [0.1, 0.15) is 5.82 Å². The van der Waals surface area contributed by atoms with Crippen molar-refractivity contribution in [2.75, 3.05) is 24.6 Å². The van der Waals surface area contributed by atoms with Gasteiger partial charge in [-0.3, -0.25) is 4.90 Å². The van der Waals surface area contributed by atoms with Gasteiger partial charge in [-0.25, -0.2) is 0 Å². The third-order valence-corrected chi connectivity index (χ3v) is 3.46. The Morgan fingerprint density at radius 3 is 2.22 bits per heavy atom. The number of hydrogen-bond donors (Lipinski definition) is 3. The van der Waals surface area contributed by atoms with Gasteiger partial charge in [-0.05, 0) is 38.8 Å². The topological polar surface area (TPSA) is 120 Å². The van der Waals surface area contributed by atoms with Crippen LogP contribution in [0.2, 0.25) is 0 Å². The molecular formula is C11H21N7. The summed E-state index contributed by atoms with van der Waals surface area (Å²) < 4.78 is 0. The predicted molar refractivity (Wildman–Crippen MR) is 70.3 cm³/mol. The molecule has 18 heavy (non-hydrogen) atoms. The molecule has 2 rings (SSSR count). The molecule has 1 atom stereocenters. The number of likely N-dealkylation sites (tertiary alicyclic amines) is 1. The van der Waals surface area contributed by atoms with Gasteiger partial charge in [-0.1, -0.05) is 0 Å². The Balaban J connectivity index is 1.91. The van der Waals surface area contributed by atoms with E-state index in [1.54, 1.807) is 0 Å². The number of nitrogen functional groups attached to an aromatic ring is 2. The van der Waals surface area contributed by atoms with E-state index in [9.17, 15) is 0 Å². The standard InChI is InChI=1S/C11H21N7/c1-7(12)8-2-4-18(5-3-8)6-9-15-10(13)17-11(14)16-9/h7-8H,2-6,12H2,1H3,(H4,13,14,15,16,17). The van der Waals surface area contributed by atoms with Crippen LogP contribution in [-0.4, -0.2) is 39.0 Å². The van der Waals surface area contributed by atoms with E-state index in [2.05, 4.69) is 26.8 Å². The van der Waals surface area contributed by atoms with Crippen LogP contribution in [0.3, 0.4) is 0 Å². The van der Waals surface area contributed by atoms with E-state index in [0.29, 0.717) is 18.3 Å². The quantitative estimate of drug-likeness (QED) is 0.668. The van der Waals surface area contributed by atoms with E-state index in [4.69, 9.17) is 17.2 Å². The lowest BCUT2D eigenvalue weighted by Gasteiger charge is -2.33. The van der Waals surface area contributed by atoms with Crippen molar-refractivity contribution in [1.29, 1.82) is 0 Å². The zero-order valence-corrected chi connectivity index (χ0v) is 10.7. The smallest absolute Gasteiger partial charge is 0.225 e. The first-order valence-corrected chi connectivity index (χ1v) is 6.28. The van der Waals surface area contributed by atoms with Gasteiger partial charge in [0.05, 0.1) is 6.54 Å². The zero-order valence-electron chi connectivity index (χ0n) is 10.7. The van der Waals surface area contributed by atoms with Crippen LogP contribution in [0.5, 0.6) is 0 Å². The van der Waals surface area contributed by atoms with Crippen molar-refractivity contribution in [2.45, 2.75) is 32.4 Å². The minimum atomic E-state index is 0.183. The SMILES string of the molecule is CC(N)C1CCN(Cc2nc(N)nc(N)n2)CC1. The van der Waals surface area contributed by atoms with E-state index in [1.165, 1.54) is 0 Å². The molecule has 1 fully saturated rings. The summed E-state index contributed by atoms with van der Waals surface area (Å²) in [6, 6.07) is 0.274.